The average Bonchev–Trinajstić information content (AvgIpc) is 2.68. The lowest BCUT2D eigenvalue weighted by atomic mass is 10.1. The standard InChI is InChI=1S/C9H15NO2S/c1-2-7-13(11,12)8-9(3-4-9)5-6-10/h2-5,7-8H2,1H3. The van der Waals surface area contributed by atoms with E-state index in [9.17, 15) is 8.42 Å². The largest absolute Gasteiger partial charge is 0.229 e. The van der Waals surface area contributed by atoms with Crippen molar-refractivity contribution in [3.8, 4) is 6.07 Å². The van der Waals surface area contributed by atoms with Crippen molar-refractivity contribution in [3.63, 3.8) is 0 Å². The highest BCUT2D eigenvalue weighted by Crippen LogP contribution is 2.49. The van der Waals surface area contributed by atoms with Crippen LogP contribution in [0, 0.1) is 16.7 Å². The molecule has 0 unspecified atom stereocenters. The van der Waals surface area contributed by atoms with E-state index in [2.05, 4.69) is 6.07 Å². The summed E-state index contributed by atoms with van der Waals surface area (Å²) >= 11 is 0. The normalized spacial score (nSPS) is 19.4. The second-order valence-electron chi connectivity index (χ2n) is 3.93. The molecular weight excluding hydrogens is 186 g/mol. The molecule has 1 aliphatic carbocycles. The van der Waals surface area contributed by atoms with E-state index < -0.39 is 9.84 Å². The Morgan fingerprint density at radius 3 is 2.46 bits per heavy atom. The Hall–Kier alpha value is -0.560. The van der Waals surface area contributed by atoms with Gasteiger partial charge in [-0.2, -0.15) is 5.26 Å². The van der Waals surface area contributed by atoms with E-state index in [1.807, 2.05) is 6.92 Å². The monoisotopic (exact) mass is 201 g/mol. The molecule has 0 heterocycles. The third-order valence-electron chi connectivity index (χ3n) is 2.45. The molecule has 0 N–H and O–H groups in total. The maximum Gasteiger partial charge on any atom is 0.150 e. The zero-order valence-electron chi connectivity index (χ0n) is 7.91. The first kappa shape index (κ1) is 10.5. The minimum absolute atomic E-state index is 0.164. The number of nitriles is 1. The Kier molecular flexibility index (Phi) is 2.97. The smallest absolute Gasteiger partial charge is 0.150 e. The molecule has 0 saturated heterocycles. The highest BCUT2D eigenvalue weighted by Gasteiger charge is 2.45. The van der Waals surface area contributed by atoms with Gasteiger partial charge in [-0.25, -0.2) is 8.42 Å². The van der Waals surface area contributed by atoms with Crippen LogP contribution in [0.3, 0.4) is 0 Å². The summed E-state index contributed by atoms with van der Waals surface area (Å²) < 4.78 is 22.9. The second kappa shape index (κ2) is 3.67. The van der Waals surface area contributed by atoms with Crippen LogP contribution in [0.1, 0.15) is 32.6 Å². The lowest BCUT2D eigenvalue weighted by Crippen LogP contribution is -2.19. The van der Waals surface area contributed by atoms with Gasteiger partial charge in [0.25, 0.3) is 0 Å². The quantitative estimate of drug-likeness (QED) is 0.677. The number of sulfone groups is 1. The Bertz CT molecular complexity index is 309. The van der Waals surface area contributed by atoms with Gasteiger partial charge in [0.05, 0.1) is 11.8 Å². The van der Waals surface area contributed by atoms with Crippen molar-refractivity contribution in [3.05, 3.63) is 0 Å². The van der Waals surface area contributed by atoms with Gasteiger partial charge in [0.15, 0.2) is 9.84 Å². The van der Waals surface area contributed by atoms with E-state index in [4.69, 9.17) is 5.26 Å². The first-order valence-corrected chi connectivity index (χ1v) is 6.43. The zero-order valence-corrected chi connectivity index (χ0v) is 8.73. The molecule has 74 valence electrons. The van der Waals surface area contributed by atoms with E-state index in [1.54, 1.807) is 0 Å². The van der Waals surface area contributed by atoms with Gasteiger partial charge < -0.3 is 0 Å². The van der Waals surface area contributed by atoms with Crippen molar-refractivity contribution in [2.24, 2.45) is 5.41 Å². The van der Waals surface area contributed by atoms with Crippen LogP contribution in [0.15, 0.2) is 0 Å². The molecular formula is C9H15NO2S. The number of hydrogen-bond donors (Lipinski definition) is 0. The SMILES string of the molecule is CCCS(=O)(=O)CC1(CC#N)CC1. The van der Waals surface area contributed by atoms with Gasteiger partial charge in [-0.05, 0) is 24.7 Å². The fraction of sp³-hybridized carbons (Fsp3) is 0.889. The van der Waals surface area contributed by atoms with Crippen molar-refractivity contribution >= 4 is 9.84 Å². The first-order chi connectivity index (χ1) is 6.04. The molecule has 0 aromatic rings. The molecule has 0 atom stereocenters. The molecule has 0 radical (unpaired) electrons. The van der Waals surface area contributed by atoms with Gasteiger partial charge in [0.1, 0.15) is 0 Å². The van der Waals surface area contributed by atoms with Gasteiger partial charge in [0.2, 0.25) is 0 Å². The van der Waals surface area contributed by atoms with Crippen LogP contribution in [-0.4, -0.2) is 19.9 Å². The predicted molar refractivity (Wildman–Crippen MR) is 50.8 cm³/mol. The Morgan fingerprint density at radius 2 is 2.08 bits per heavy atom. The molecule has 1 saturated carbocycles. The fourth-order valence-corrected chi connectivity index (χ4v) is 3.66. The molecule has 1 fully saturated rings. The summed E-state index contributed by atoms with van der Waals surface area (Å²) in [7, 11) is -2.90. The summed E-state index contributed by atoms with van der Waals surface area (Å²) in [5.41, 5.74) is -0.164. The third-order valence-corrected chi connectivity index (χ3v) is 4.53. The molecule has 0 amide bonds. The van der Waals surface area contributed by atoms with Crippen molar-refractivity contribution in [1.29, 1.82) is 5.26 Å². The summed E-state index contributed by atoms with van der Waals surface area (Å²) in [5, 5.41) is 8.52. The van der Waals surface area contributed by atoms with Crippen LogP contribution < -0.4 is 0 Å². The van der Waals surface area contributed by atoms with Crippen LogP contribution in [0.25, 0.3) is 0 Å². The topological polar surface area (TPSA) is 57.9 Å². The van der Waals surface area contributed by atoms with E-state index in [1.165, 1.54) is 0 Å². The molecule has 4 heteroatoms. The molecule has 1 aliphatic rings. The number of hydrogen-bond acceptors (Lipinski definition) is 3. The molecule has 0 aromatic carbocycles. The molecule has 13 heavy (non-hydrogen) atoms. The van der Waals surface area contributed by atoms with Gasteiger partial charge in [0, 0.05) is 12.2 Å². The van der Waals surface area contributed by atoms with Crippen LogP contribution in [0.2, 0.25) is 0 Å². The minimum Gasteiger partial charge on any atom is -0.229 e. The molecule has 0 aliphatic heterocycles. The van der Waals surface area contributed by atoms with Gasteiger partial charge in [-0.1, -0.05) is 6.92 Å². The Labute approximate surface area is 79.7 Å². The molecule has 0 aromatic heterocycles. The minimum atomic E-state index is -2.90. The Balaban J connectivity index is 2.54. The fourth-order valence-electron chi connectivity index (χ4n) is 1.57. The highest BCUT2D eigenvalue weighted by atomic mass is 32.2. The molecule has 0 bridgehead atoms. The molecule has 0 spiro atoms. The van der Waals surface area contributed by atoms with E-state index in [0.29, 0.717) is 12.8 Å². The van der Waals surface area contributed by atoms with E-state index in [0.717, 1.165) is 12.8 Å². The van der Waals surface area contributed by atoms with Crippen molar-refractivity contribution in [2.45, 2.75) is 32.6 Å². The number of rotatable bonds is 5. The highest BCUT2D eigenvalue weighted by molar-refractivity contribution is 7.91. The summed E-state index contributed by atoms with van der Waals surface area (Å²) in [6.07, 6.45) is 2.88. The summed E-state index contributed by atoms with van der Waals surface area (Å²) in [6, 6.07) is 2.07. The van der Waals surface area contributed by atoms with Crippen molar-refractivity contribution < 1.29 is 8.42 Å². The zero-order chi connectivity index (χ0) is 9.95. The maximum absolute atomic E-state index is 11.5. The van der Waals surface area contributed by atoms with Crippen LogP contribution in [0.4, 0.5) is 0 Å². The van der Waals surface area contributed by atoms with Crippen LogP contribution in [0.5, 0.6) is 0 Å². The predicted octanol–water partition coefficient (Wildman–Crippen LogP) is 1.51. The van der Waals surface area contributed by atoms with Crippen molar-refractivity contribution in [2.75, 3.05) is 11.5 Å². The summed E-state index contributed by atoms with van der Waals surface area (Å²) in [6.45, 7) is 1.86. The maximum atomic E-state index is 11.5. The van der Waals surface area contributed by atoms with Gasteiger partial charge in [-0.15, -0.1) is 0 Å². The lowest BCUT2D eigenvalue weighted by Gasteiger charge is -2.10. The summed E-state index contributed by atoms with van der Waals surface area (Å²) in [4.78, 5) is 0. The van der Waals surface area contributed by atoms with Crippen LogP contribution >= 0.6 is 0 Å². The molecule has 3 nitrogen and oxygen atoms in total. The van der Waals surface area contributed by atoms with Crippen LogP contribution in [-0.2, 0) is 9.84 Å². The summed E-state index contributed by atoms with van der Waals surface area (Å²) in [5.74, 6) is 0.488. The number of nitrogens with zero attached hydrogens (tertiary/aromatic N) is 1. The first-order valence-electron chi connectivity index (χ1n) is 4.61. The van der Waals surface area contributed by atoms with E-state index >= 15 is 0 Å². The third kappa shape index (κ3) is 3.00. The van der Waals surface area contributed by atoms with Gasteiger partial charge >= 0.3 is 0 Å². The van der Waals surface area contributed by atoms with E-state index in [-0.39, 0.29) is 16.9 Å². The molecule has 1 rings (SSSR count). The lowest BCUT2D eigenvalue weighted by molar-refractivity contribution is 0.547. The Morgan fingerprint density at radius 1 is 1.46 bits per heavy atom. The second-order valence-corrected chi connectivity index (χ2v) is 6.11. The van der Waals surface area contributed by atoms with Crippen molar-refractivity contribution in [1.82, 2.24) is 0 Å². The van der Waals surface area contributed by atoms with Gasteiger partial charge in [-0.3, -0.25) is 0 Å². The average molecular weight is 201 g/mol.